The van der Waals surface area contributed by atoms with E-state index >= 15 is 0 Å². The summed E-state index contributed by atoms with van der Waals surface area (Å²) in [5.41, 5.74) is 9.04. The van der Waals surface area contributed by atoms with Gasteiger partial charge in [-0.1, -0.05) is 66.2 Å². The van der Waals surface area contributed by atoms with Crippen LogP contribution in [-0.2, 0) is 19.6 Å². The third-order valence-electron chi connectivity index (χ3n) is 7.86. The Balaban J connectivity index is 1.49. The highest BCUT2D eigenvalue weighted by Gasteiger charge is 2.26. The second-order valence-electron chi connectivity index (χ2n) is 10.7. The largest absolute Gasteiger partial charge is 0.363 e. The quantitative estimate of drug-likeness (QED) is 0.354. The van der Waals surface area contributed by atoms with Gasteiger partial charge in [-0.2, -0.15) is 0 Å². The molecule has 0 spiro atoms. The first-order valence-corrected chi connectivity index (χ1v) is 13.8. The monoisotopic (exact) mass is 559 g/mol. The first kappa shape index (κ1) is 28.4. The number of hydrogen-bond donors (Lipinski definition) is 1. The molecule has 1 aliphatic rings. The van der Waals surface area contributed by atoms with Gasteiger partial charge in [0.1, 0.15) is 17.3 Å². The van der Waals surface area contributed by atoms with Gasteiger partial charge >= 0.3 is 5.69 Å². The van der Waals surface area contributed by atoms with Crippen molar-refractivity contribution in [3.8, 4) is 0 Å². The smallest absolute Gasteiger partial charge is 0.331 e. The fourth-order valence-corrected chi connectivity index (χ4v) is 5.42. The highest BCUT2D eigenvalue weighted by atomic mass is 19.1. The number of piperazine rings is 1. The van der Waals surface area contributed by atoms with Gasteiger partial charge in [0.25, 0.3) is 5.56 Å². The molecule has 0 radical (unpaired) electrons. The maximum Gasteiger partial charge on any atom is 0.331 e. The average Bonchev–Trinajstić information content (AvgIpc) is 2.97. The van der Waals surface area contributed by atoms with Crippen LogP contribution in [0.15, 0.2) is 82.4 Å². The molecular formula is C32H35F2N5O2. The highest BCUT2D eigenvalue weighted by Crippen LogP contribution is 2.21. The maximum atomic E-state index is 14.7. The van der Waals surface area contributed by atoms with Crippen molar-refractivity contribution in [3.63, 3.8) is 0 Å². The second kappa shape index (κ2) is 12.2. The number of halogens is 2. The van der Waals surface area contributed by atoms with Crippen molar-refractivity contribution < 1.29 is 8.78 Å². The van der Waals surface area contributed by atoms with E-state index in [4.69, 9.17) is 5.73 Å². The maximum absolute atomic E-state index is 14.7. The van der Waals surface area contributed by atoms with Crippen LogP contribution in [0.4, 0.5) is 14.5 Å². The van der Waals surface area contributed by atoms with Gasteiger partial charge in [-0.3, -0.25) is 18.8 Å². The van der Waals surface area contributed by atoms with E-state index in [2.05, 4.69) is 36.1 Å². The molecule has 41 heavy (non-hydrogen) atoms. The van der Waals surface area contributed by atoms with Crippen LogP contribution in [0.3, 0.4) is 0 Å². The Morgan fingerprint density at radius 3 is 2.05 bits per heavy atom. The van der Waals surface area contributed by atoms with Crippen LogP contribution < -0.4 is 21.9 Å². The fourth-order valence-electron chi connectivity index (χ4n) is 5.42. The topological polar surface area (TPSA) is 76.5 Å². The van der Waals surface area contributed by atoms with E-state index in [0.29, 0.717) is 24.5 Å². The zero-order valence-corrected chi connectivity index (χ0v) is 23.4. The third kappa shape index (κ3) is 6.16. The van der Waals surface area contributed by atoms with Gasteiger partial charge in [-0.15, -0.1) is 0 Å². The molecule has 5 rings (SSSR count). The Labute approximate surface area is 238 Å². The highest BCUT2D eigenvalue weighted by molar-refractivity contribution is 5.50. The molecule has 1 aromatic heterocycles. The summed E-state index contributed by atoms with van der Waals surface area (Å²) in [6, 6.07) is 20.6. The molecule has 214 valence electrons. The molecule has 2 N–H and O–H groups in total. The van der Waals surface area contributed by atoms with Crippen molar-refractivity contribution in [2.24, 2.45) is 5.73 Å². The Kier molecular flexibility index (Phi) is 8.46. The second-order valence-corrected chi connectivity index (χ2v) is 10.7. The Morgan fingerprint density at radius 2 is 1.41 bits per heavy atom. The molecule has 0 saturated carbocycles. The van der Waals surface area contributed by atoms with Crippen LogP contribution >= 0.6 is 0 Å². The molecule has 1 fully saturated rings. The molecule has 0 bridgehead atoms. The first-order chi connectivity index (χ1) is 19.7. The van der Waals surface area contributed by atoms with Crippen LogP contribution in [0.25, 0.3) is 0 Å². The lowest BCUT2D eigenvalue weighted by Crippen LogP contribution is -2.51. The van der Waals surface area contributed by atoms with E-state index in [-0.39, 0.29) is 18.7 Å². The Morgan fingerprint density at radius 1 is 0.780 bits per heavy atom. The number of aromatic nitrogens is 2. The summed E-state index contributed by atoms with van der Waals surface area (Å²) in [6.45, 7) is 6.69. The summed E-state index contributed by atoms with van der Waals surface area (Å²) in [4.78, 5) is 31.9. The first-order valence-electron chi connectivity index (χ1n) is 13.8. The normalized spacial score (nSPS) is 14.8. The molecule has 4 aromatic rings. The predicted molar refractivity (Wildman–Crippen MR) is 157 cm³/mol. The van der Waals surface area contributed by atoms with Crippen molar-refractivity contribution in [1.82, 2.24) is 14.0 Å². The van der Waals surface area contributed by atoms with E-state index in [1.807, 2.05) is 35.2 Å². The molecule has 7 nitrogen and oxygen atoms in total. The number of aryl methyl sites for hydroxylation is 1. The minimum Gasteiger partial charge on any atom is -0.363 e. The Bertz CT molecular complexity index is 1610. The van der Waals surface area contributed by atoms with Crippen LogP contribution in [0.5, 0.6) is 0 Å². The van der Waals surface area contributed by atoms with Gasteiger partial charge in [0.2, 0.25) is 0 Å². The van der Waals surface area contributed by atoms with E-state index in [9.17, 15) is 18.4 Å². The summed E-state index contributed by atoms with van der Waals surface area (Å²) in [5, 5.41) is 0. The van der Waals surface area contributed by atoms with Gasteiger partial charge in [-0.05, 0) is 37.1 Å². The van der Waals surface area contributed by atoms with Gasteiger partial charge in [-0.25, -0.2) is 13.6 Å². The number of benzene rings is 3. The van der Waals surface area contributed by atoms with Crippen molar-refractivity contribution in [2.45, 2.75) is 39.5 Å². The van der Waals surface area contributed by atoms with Crippen molar-refractivity contribution in [2.75, 3.05) is 31.1 Å². The number of nitrogens with zero attached hydrogens (tertiary/aromatic N) is 4. The minimum absolute atomic E-state index is 0.0674. The summed E-state index contributed by atoms with van der Waals surface area (Å²) >= 11 is 0. The summed E-state index contributed by atoms with van der Waals surface area (Å²) in [5.74, 6) is -1.50. The van der Waals surface area contributed by atoms with Crippen molar-refractivity contribution >= 4 is 5.69 Å². The average molecular weight is 560 g/mol. The van der Waals surface area contributed by atoms with Crippen molar-refractivity contribution in [1.29, 1.82) is 0 Å². The van der Waals surface area contributed by atoms with Crippen molar-refractivity contribution in [3.05, 3.63) is 133 Å². The molecule has 3 aromatic carbocycles. The van der Waals surface area contributed by atoms with Crippen LogP contribution in [0, 0.1) is 25.5 Å². The summed E-state index contributed by atoms with van der Waals surface area (Å²) in [7, 11) is 0. The standard InChI is InChI=1S/C32H35F2N5O2/c1-22-11-13-24(14-12-22)19-36-15-17-37(18-16-36)30-23(2)38(20-26-27(33)9-6-10-28(26)34)32(41)39(31(30)40)21-29(35)25-7-4-3-5-8-25/h3-14,29H,15-21,35H2,1-2H3. The number of rotatable bonds is 8. The van der Waals surface area contributed by atoms with E-state index in [0.717, 1.165) is 41.9 Å². The zero-order valence-electron chi connectivity index (χ0n) is 23.4. The minimum atomic E-state index is -0.749. The Hall–Kier alpha value is -4.08. The van der Waals surface area contributed by atoms with Gasteiger partial charge in [0.15, 0.2) is 0 Å². The molecule has 1 atom stereocenters. The molecule has 1 aliphatic heterocycles. The number of anilines is 1. The lowest BCUT2D eigenvalue weighted by atomic mass is 10.1. The molecule has 2 heterocycles. The molecule has 9 heteroatoms. The van der Waals surface area contributed by atoms with Gasteiger partial charge in [0.05, 0.1) is 13.1 Å². The molecular weight excluding hydrogens is 524 g/mol. The SMILES string of the molecule is Cc1ccc(CN2CCN(c3c(C)n(Cc4c(F)cccc4F)c(=O)n(CC(N)c4ccccc4)c3=O)CC2)cc1. The fraction of sp³-hybridized carbons (Fsp3) is 0.312. The molecule has 0 amide bonds. The molecule has 1 saturated heterocycles. The number of hydrogen-bond acceptors (Lipinski definition) is 5. The summed E-state index contributed by atoms with van der Waals surface area (Å²) < 4.78 is 31.7. The third-order valence-corrected chi connectivity index (χ3v) is 7.86. The predicted octanol–water partition coefficient (Wildman–Crippen LogP) is 3.98. The zero-order chi connectivity index (χ0) is 29.1. The van der Waals surface area contributed by atoms with Gasteiger partial charge < -0.3 is 10.6 Å². The van der Waals surface area contributed by atoms with Crippen LogP contribution in [-0.4, -0.2) is 40.2 Å². The van der Waals surface area contributed by atoms with E-state index < -0.39 is 28.9 Å². The summed E-state index contributed by atoms with van der Waals surface area (Å²) in [6.07, 6.45) is 0. The van der Waals surface area contributed by atoms with Crippen LogP contribution in [0.2, 0.25) is 0 Å². The van der Waals surface area contributed by atoms with Crippen LogP contribution in [0.1, 0.15) is 34.0 Å². The lowest BCUT2D eigenvalue weighted by molar-refractivity contribution is 0.249. The van der Waals surface area contributed by atoms with E-state index in [1.165, 1.54) is 21.8 Å². The number of nitrogens with two attached hydrogens (primary N) is 1. The molecule has 1 unspecified atom stereocenters. The van der Waals surface area contributed by atoms with Gasteiger partial charge in [0, 0.05) is 50.0 Å². The molecule has 0 aliphatic carbocycles. The van der Waals surface area contributed by atoms with E-state index in [1.54, 1.807) is 6.92 Å². The lowest BCUT2D eigenvalue weighted by Gasteiger charge is -2.37.